The van der Waals surface area contributed by atoms with Crippen LogP contribution in [0.1, 0.15) is 36.5 Å². The van der Waals surface area contributed by atoms with Crippen molar-refractivity contribution in [1.82, 2.24) is 9.38 Å². The van der Waals surface area contributed by atoms with Crippen molar-refractivity contribution >= 4 is 27.3 Å². The number of aromatic nitrogens is 2. The molecule has 3 aromatic heterocycles. The first-order valence-electron chi connectivity index (χ1n) is 9.24. The number of hydrogen-bond acceptors (Lipinski definition) is 3. The Labute approximate surface area is 152 Å². The summed E-state index contributed by atoms with van der Waals surface area (Å²) in [6.45, 7) is 5.31. The molecule has 0 fully saturated rings. The van der Waals surface area contributed by atoms with E-state index >= 15 is 0 Å². The van der Waals surface area contributed by atoms with Crippen LogP contribution in [0, 0.1) is 6.92 Å². The fraction of sp³-hybridized carbons (Fsp3) is 0.318. The monoisotopic (exact) mass is 346 g/mol. The van der Waals surface area contributed by atoms with Crippen molar-refractivity contribution in [2.45, 2.75) is 38.9 Å². The summed E-state index contributed by atoms with van der Waals surface area (Å²) in [6, 6.07) is 10.4. The van der Waals surface area contributed by atoms with E-state index in [1.54, 1.807) is 0 Å². The molecule has 4 heteroatoms. The van der Waals surface area contributed by atoms with Gasteiger partial charge in [-0.05, 0) is 36.6 Å². The largest absolute Gasteiger partial charge is 0.385 e. The van der Waals surface area contributed by atoms with E-state index in [9.17, 15) is 5.11 Å². The van der Waals surface area contributed by atoms with E-state index in [2.05, 4.69) is 48.0 Å². The highest BCUT2D eigenvalue weighted by Crippen LogP contribution is 2.37. The molecule has 0 saturated carbocycles. The zero-order chi connectivity index (χ0) is 17.9. The van der Waals surface area contributed by atoms with Gasteiger partial charge >= 0.3 is 0 Å². The first-order chi connectivity index (χ1) is 12.6. The molecule has 1 unspecified atom stereocenters. The Morgan fingerprint density at radius 1 is 1.23 bits per heavy atom. The third-order valence-electron chi connectivity index (χ3n) is 5.91. The van der Waals surface area contributed by atoms with Crippen LogP contribution in [-0.2, 0) is 16.9 Å². The van der Waals surface area contributed by atoms with E-state index in [0.29, 0.717) is 26.1 Å². The van der Waals surface area contributed by atoms with Gasteiger partial charge in [0.15, 0.2) is 0 Å². The lowest BCUT2D eigenvalue weighted by Gasteiger charge is -2.27. The Kier molecular flexibility index (Phi) is 3.36. The van der Waals surface area contributed by atoms with E-state index in [0.717, 1.165) is 33.1 Å². The molecule has 1 N–H and O–H groups in total. The number of ether oxygens (including phenoxy) is 1. The fourth-order valence-corrected chi connectivity index (χ4v) is 4.27. The maximum Gasteiger partial charge on any atom is 0.0967 e. The number of benzene rings is 1. The van der Waals surface area contributed by atoms with Gasteiger partial charge in [-0.3, -0.25) is 0 Å². The molecule has 26 heavy (non-hydrogen) atoms. The van der Waals surface area contributed by atoms with Crippen molar-refractivity contribution < 1.29 is 9.84 Å². The van der Waals surface area contributed by atoms with Gasteiger partial charge in [-0.25, -0.2) is 4.98 Å². The highest BCUT2D eigenvalue weighted by atomic mass is 16.5. The van der Waals surface area contributed by atoms with Gasteiger partial charge in [-0.2, -0.15) is 0 Å². The van der Waals surface area contributed by atoms with E-state index in [-0.39, 0.29) is 0 Å². The van der Waals surface area contributed by atoms with Crippen molar-refractivity contribution in [1.29, 1.82) is 0 Å². The van der Waals surface area contributed by atoms with Crippen LogP contribution in [-0.4, -0.2) is 21.1 Å². The quantitative estimate of drug-likeness (QED) is 0.553. The van der Waals surface area contributed by atoms with Crippen LogP contribution in [0.3, 0.4) is 0 Å². The van der Waals surface area contributed by atoms with Gasteiger partial charge in [-0.1, -0.05) is 25.1 Å². The highest BCUT2D eigenvalue weighted by molar-refractivity contribution is 6.04. The molecule has 4 heterocycles. The number of hydrogen-bond donors (Lipinski definition) is 1. The lowest BCUT2D eigenvalue weighted by Crippen LogP contribution is -2.26. The summed E-state index contributed by atoms with van der Waals surface area (Å²) in [6.07, 6.45) is 5.55. The molecule has 4 aromatic rings. The van der Waals surface area contributed by atoms with Gasteiger partial charge in [0.05, 0.1) is 35.4 Å². The minimum Gasteiger partial charge on any atom is -0.385 e. The van der Waals surface area contributed by atoms with E-state index in [1.807, 2.05) is 13.0 Å². The smallest absolute Gasteiger partial charge is 0.0967 e. The Hall–Kier alpha value is -2.43. The molecule has 1 aliphatic heterocycles. The van der Waals surface area contributed by atoms with Crippen LogP contribution in [0.15, 0.2) is 42.7 Å². The van der Waals surface area contributed by atoms with E-state index in [4.69, 9.17) is 9.72 Å². The number of aliphatic hydroxyl groups is 1. The van der Waals surface area contributed by atoms with E-state index < -0.39 is 5.60 Å². The predicted molar refractivity (Wildman–Crippen MR) is 103 cm³/mol. The molecule has 0 saturated heterocycles. The molecule has 0 radical (unpaired) electrons. The van der Waals surface area contributed by atoms with Crippen LogP contribution >= 0.6 is 0 Å². The SMILES string of the molecule is CCC1(O)CCOCc2cn3cc4c(C)c5ccccc5nc4c3cc21. The molecule has 132 valence electrons. The summed E-state index contributed by atoms with van der Waals surface area (Å²) in [7, 11) is 0. The topological polar surface area (TPSA) is 46.8 Å². The zero-order valence-electron chi connectivity index (χ0n) is 15.1. The lowest BCUT2D eigenvalue weighted by atomic mass is 9.86. The molecule has 0 aliphatic carbocycles. The summed E-state index contributed by atoms with van der Waals surface area (Å²) in [4.78, 5) is 4.94. The third-order valence-corrected chi connectivity index (χ3v) is 5.91. The number of pyridine rings is 2. The predicted octanol–water partition coefficient (Wildman–Crippen LogP) is 4.47. The van der Waals surface area contributed by atoms with E-state index in [1.165, 1.54) is 10.9 Å². The number of rotatable bonds is 1. The maximum atomic E-state index is 11.2. The Bertz CT molecular complexity index is 1160. The highest BCUT2D eigenvalue weighted by Gasteiger charge is 2.32. The standard InChI is InChI=1S/C22H22N2O2/c1-3-22(25)8-9-26-13-15-11-24-12-17-14(2)16-6-4-5-7-19(16)23-21(17)20(24)10-18(15)22/h4-7,10-12,25H,3,8-9,13H2,1-2H3. The first-order valence-corrected chi connectivity index (χ1v) is 9.24. The van der Waals surface area contributed by atoms with Crippen LogP contribution in [0.2, 0.25) is 0 Å². The van der Waals surface area contributed by atoms with Crippen LogP contribution < -0.4 is 0 Å². The lowest BCUT2D eigenvalue weighted by molar-refractivity contribution is 0.00232. The first kappa shape index (κ1) is 15.8. The zero-order valence-corrected chi connectivity index (χ0v) is 15.1. The average molecular weight is 346 g/mol. The minimum atomic E-state index is -0.837. The number of fused-ring (bicyclic) bond motifs is 5. The van der Waals surface area contributed by atoms with Gasteiger partial charge in [-0.15, -0.1) is 0 Å². The molecule has 1 aliphatic rings. The molecule has 0 bridgehead atoms. The third kappa shape index (κ3) is 2.12. The summed E-state index contributed by atoms with van der Waals surface area (Å²) in [5, 5.41) is 13.5. The Morgan fingerprint density at radius 2 is 2.08 bits per heavy atom. The summed E-state index contributed by atoms with van der Waals surface area (Å²) >= 11 is 0. The molecule has 0 spiro atoms. The van der Waals surface area contributed by atoms with Crippen molar-refractivity contribution in [3.05, 3.63) is 59.4 Å². The molecule has 1 aromatic carbocycles. The normalized spacial score (nSPS) is 20.6. The minimum absolute atomic E-state index is 0.538. The Morgan fingerprint density at radius 3 is 2.92 bits per heavy atom. The van der Waals surface area contributed by atoms with Crippen LogP contribution in [0.4, 0.5) is 0 Å². The summed E-state index contributed by atoms with van der Waals surface area (Å²) in [5.74, 6) is 0. The van der Waals surface area contributed by atoms with Crippen molar-refractivity contribution in [3.63, 3.8) is 0 Å². The summed E-state index contributed by atoms with van der Waals surface area (Å²) < 4.78 is 7.87. The van der Waals surface area contributed by atoms with Gasteiger partial charge in [0.25, 0.3) is 0 Å². The number of para-hydroxylation sites is 1. The molecule has 4 nitrogen and oxygen atoms in total. The van der Waals surface area contributed by atoms with Crippen LogP contribution in [0.5, 0.6) is 0 Å². The fourth-order valence-electron chi connectivity index (χ4n) is 4.27. The van der Waals surface area contributed by atoms with Gasteiger partial charge in [0, 0.05) is 35.2 Å². The Balaban J connectivity index is 1.89. The second-order valence-corrected chi connectivity index (χ2v) is 7.34. The number of aryl methyl sites for hydroxylation is 1. The average Bonchev–Trinajstić information content (AvgIpc) is 2.93. The molecule has 5 rings (SSSR count). The second kappa shape index (κ2) is 5.53. The van der Waals surface area contributed by atoms with Gasteiger partial charge < -0.3 is 14.2 Å². The van der Waals surface area contributed by atoms with Crippen LogP contribution in [0.25, 0.3) is 27.3 Å². The maximum absolute atomic E-state index is 11.2. The molecule has 0 amide bonds. The van der Waals surface area contributed by atoms with Crippen molar-refractivity contribution in [3.8, 4) is 0 Å². The molecule has 1 atom stereocenters. The molecular weight excluding hydrogens is 324 g/mol. The number of nitrogens with zero attached hydrogens (tertiary/aromatic N) is 2. The van der Waals surface area contributed by atoms with Crippen molar-refractivity contribution in [2.75, 3.05) is 6.61 Å². The van der Waals surface area contributed by atoms with Gasteiger partial charge in [0.2, 0.25) is 0 Å². The summed E-state index contributed by atoms with van der Waals surface area (Å²) in [5.41, 5.74) is 5.49. The molecular formula is C22H22N2O2. The van der Waals surface area contributed by atoms with Gasteiger partial charge in [0.1, 0.15) is 0 Å². The van der Waals surface area contributed by atoms with Crippen molar-refractivity contribution in [2.24, 2.45) is 0 Å². The second-order valence-electron chi connectivity index (χ2n) is 7.34.